The van der Waals surface area contributed by atoms with Crippen molar-refractivity contribution in [3.63, 3.8) is 0 Å². The van der Waals surface area contributed by atoms with Gasteiger partial charge in [-0.1, -0.05) is 6.92 Å². The number of rotatable bonds is 2. The highest BCUT2D eigenvalue weighted by Crippen LogP contribution is 2.55. The average molecular weight is 155 g/mol. The van der Waals surface area contributed by atoms with E-state index in [-0.39, 0.29) is 0 Å². The van der Waals surface area contributed by atoms with Gasteiger partial charge in [0.25, 0.3) is 0 Å². The van der Waals surface area contributed by atoms with Crippen molar-refractivity contribution in [3.05, 3.63) is 0 Å². The summed E-state index contributed by atoms with van der Waals surface area (Å²) < 4.78 is 0. The smallest absolute Gasteiger partial charge is 0.323 e. The summed E-state index contributed by atoms with van der Waals surface area (Å²) in [6.07, 6.45) is 2.78. The number of carbonyl (C=O) groups is 1. The van der Waals surface area contributed by atoms with E-state index in [1.807, 2.05) is 0 Å². The van der Waals surface area contributed by atoms with Crippen molar-refractivity contribution in [2.75, 3.05) is 6.54 Å². The Morgan fingerprint density at radius 1 is 1.64 bits per heavy atom. The second-order valence-electron chi connectivity index (χ2n) is 3.95. The molecule has 1 saturated carbocycles. The van der Waals surface area contributed by atoms with E-state index in [4.69, 9.17) is 5.11 Å². The number of hydrogen-bond acceptors (Lipinski definition) is 2. The third kappa shape index (κ3) is 0.692. The molecule has 3 aliphatic rings. The first-order valence-electron chi connectivity index (χ1n) is 4.11. The van der Waals surface area contributed by atoms with E-state index in [1.54, 1.807) is 0 Å². The Kier molecular flexibility index (Phi) is 1.15. The van der Waals surface area contributed by atoms with E-state index in [0.717, 1.165) is 25.8 Å². The fraction of sp³-hybridized carbons (Fsp3) is 0.875. The molecule has 2 aliphatic heterocycles. The first-order valence-corrected chi connectivity index (χ1v) is 4.11. The van der Waals surface area contributed by atoms with Gasteiger partial charge in [-0.25, -0.2) is 0 Å². The number of fused-ring (bicyclic) bond motifs is 1. The standard InChI is InChI=1S/C8H13NO2/c1-2-7-3-8(4-7,6(10)11)9-5-7/h9H,2-5H2,1H3,(H,10,11). The summed E-state index contributed by atoms with van der Waals surface area (Å²) in [7, 11) is 0. The Morgan fingerprint density at radius 3 is 2.55 bits per heavy atom. The molecule has 3 heteroatoms. The Morgan fingerprint density at radius 2 is 2.27 bits per heavy atom. The second-order valence-corrected chi connectivity index (χ2v) is 3.95. The molecular weight excluding hydrogens is 142 g/mol. The zero-order valence-corrected chi connectivity index (χ0v) is 6.68. The monoisotopic (exact) mass is 155 g/mol. The lowest BCUT2D eigenvalue weighted by atomic mass is 9.61. The summed E-state index contributed by atoms with van der Waals surface area (Å²) in [5.41, 5.74) is -0.200. The van der Waals surface area contributed by atoms with E-state index < -0.39 is 11.5 Å². The topological polar surface area (TPSA) is 49.3 Å². The van der Waals surface area contributed by atoms with Gasteiger partial charge in [0.15, 0.2) is 0 Å². The van der Waals surface area contributed by atoms with Crippen LogP contribution in [0.1, 0.15) is 26.2 Å². The van der Waals surface area contributed by atoms with Crippen LogP contribution in [0, 0.1) is 5.41 Å². The van der Waals surface area contributed by atoms with Gasteiger partial charge in [0, 0.05) is 6.54 Å². The average Bonchev–Trinajstić information content (AvgIpc) is 2.39. The Labute approximate surface area is 65.8 Å². The zero-order valence-electron chi connectivity index (χ0n) is 6.68. The van der Waals surface area contributed by atoms with Gasteiger partial charge in [0.1, 0.15) is 5.54 Å². The molecule has 2 N–H and O–H groups in total. The zero-order chi connectivity index (χ0) is 8.11. The van der Waals surface area contributed by atoms with Gasteiger partial charge < -0.3 is 10.4 Å². The molecule has 2 heterocycles. The normalized spacial score (nSPS) is 47.0. The van der Waals surface area contributed by atoms with Crippen molar-refractivity contribution < 1.29 is 9.90 Å². The molecule has 62 valence electrons. The quantitative estimate of drug-likeness (QED) is 0.614. The minimum Gasteiger partial charge on any atom is -0.480 e. The van der Waals surface area contributed by atoms with E-state index in [1.165, 1.54) is 0 Å². The van der Waals surface area contributed by atoms with Crippen LogP contribution in [0.5, 0.6) is 0 Å². The molecule has 3 rings (SSSR count). The highest BCUT2D eigenvalue weighted by molar-refractivity contribution is 5.81. The molecule has 0 amide bonds. The third-order valence-corrected chi connectivity index (χ3v) is 3.31. The molecule has 0 radical (unpaired) electrons. The minimum absolute atomic E-state index is 0.332. The van der Waals surface area contributed by atoms with Gasteiger partial charge in [-0.2, -0.15) is 0 Å². The predicted molar refractivity (Wildman–Crippen MR) is 40.3 cm³/mol. The molecule has 1 aliphatic carbocycles. The van der Waals surface area contributed by atoms with Crippen molar-refractivity contribution in [1.82, 2.24) is 5.32 Å². The van der Waals surface area contributed by atoms with Crippen LogP contribution in [-0.4, -0.2) is 23.2 Å². The highest BCUT2D eigenvalue weighted by atomic mass is 16.4. The number of nitrogens with one attached hydrogen (secondary N) is 1. The fourth-order valence-electron chi connectivity index (χ4n) is 2.44. The van der Waals surface area contributed by atoms with Crippen molar-refractivity contribution >= 4 is 5.97 Å². The van der Waals surface area contributed by atoms with Crippen LogP contribution in [0.15, 0.2) is 0 Å². The molecule has 3 nitrogen and oxygen atoms in total. The van der Waals surface area contributed by atoms with Gasteiger partial charge in [0.2, 0.25) is 0 Å². The van der Waals surface area contributed by atoms with Crippen molar-refractivity contribution in [2.24, 2.45) is 5.41 Å². The van der Waals surface area contributed by atoms with Crippen molar-refractivity contribution in [2.45, 2.75) is 31.7 Å². The molecular formula is C8H13NO2. The summed E-state index contributed by atoms with van der Waals surface area (Å²) in [5, 5.41) is 12.0. The molecule has 0 spiro atoms. The summed E-state index contributed by atoms with van der Waals surface area (Å²) >= 11 is 0. The van der Waals surface area contributed by atoms with Crippen LogP contribution in [0.2, 0.25) is 0 Å². The summed E-state index contributed by atoms with van der Waals surface area (Å²) in [6.45, 7) is 3.04. The largest absolute Gasteiger partial charge is 0.480 e. The maximum atomic E-state index is 10.8. The lowest BCUT2D eigenvalue weighted by Gasteiger charge is -2.42. The van der Waals surface area contributed by atoms with Crippen molar-refractivity contribution in [1.29, 1.82) is 0 Å². The molecule has 2 bridgehead atoms. The van der Waals surface area contributed by atoms with Gasteiger partial charge in [-0.05, 0) is 24.7 Å². The lowest BCUT2D eigenvalue weighted by molar-refractivity contribution is -0.149. The summed E-state index contributed by atoms with van der Waals surface area (Å²) in [5.74, 6) is -0.668. The Bertz CT molecular complexity index is 206. The third-order valence-electron chi connectivity index (χ3n) is 3.31. The van der Waals surface area contributed by atoms with Crippen LogP contribution in [0.3, 0.4) is 0 Å². The van der Waals surface area contributed by atoms with Crippen LogP contribution in [-0.2, 0) is 4.79 Å². The number of hydrogen-bond donors (Lipinski definition) is 2. The van der Waals surface area contributed by atoms with E-state index >= 15 is 0 Å². The molecule has 2 saturated heterocycles. The van der Waals surface area contributed by atoms with Crippen molar-refractivity contribution in [3.8, 4) is 0 Å². The first-order chi connectivity index (χ1) is 5.13. The van der Waals surface area contributed by atoms with E-state index in [2.05, 4.69) is 12.2 Å². The SMILES string of the molecule is CCC12CNC(C(=O)O)(C1)C2. The molecule has 0 aromatic rings. The van der Waals surface area contributed by atoms with Crippen LogP contribution < -0.4 is 5.32 Å². The molecule has 0 aromatic heterocycles. The predicted octanol–water partition coefficient (Wildman–Crippen LogP) is 0.603. The maximum absolute atomic E-state index is 10.8. The second kappa shape index (κ2) is 1.78. The van der Waals surface area contributed by atoms with E-state index in [9.17, 15) is 4.79 Å². The van der Waals surface area contributed by atoms with Gasteiger partial charge in [0.05, 0.1) is 0 Å². The summed E-state index contributed by atoms with van der Waals surface area (Å²) in [6, 6.07) is 0. The molecule has 0 unspecified atom stereocenters. The van der Waals surface area contributed by atoms with E-state index in [0.29, 0.717) is 5.41 Å². The maximum Gasteiger partial charge on any atom is 0.323 e. The molecule has 0 aromatic carbocycles. The fourth-order valence-corrected chi connectivity index (χ4v) is 2.44. The van der Waals surface area contributed by atoms with Crippen LogP contribution in [0.4, 0.5) is 0 Å². The lowest BCUT2D eigenvalue weighted by Crippen LogP contribution is -2.53. The summed E-state index contributed by atoms with van der Waals surface area (Å²) in [4.78, 5) is 10.8. The molecule has 0 atom stereocenters. The Balaban J connectivity index is 2.14. The number of carboxylic acid groups (broad SMARTS) is 1. The van der Waals surface area contributed by atoms with Crippen LogP contribution in [0.25, 0.3) is 0 Å². The van der Waals surface area contributed by atoms with Gasteiger partial charge >= 0.3 is 5.97 Å². The van der Waals surface area contributed by atoms with Gasteiger partial charge in [-0.3, -0.25) is 4.79 Å². The molecule has 3 fully saturated rings. The Hall–Kier alpha value is -0.570. The first kappa shape index (κ1) is 7.10. The van der Waals surface area contributed by atoms with Crippen LogP contribution >= 0.6 is 0 Å². The number of aliphatic carboxylic acids is 1. The molecule has 11 heavy (non-hydrogen) atoms. The highest BCUT2D eigenvalue weighted by Gasteiger charge is 2.63. The van der Waals surface area contributed by atoms with Gasteiger partial charge in [-0.15, -0.1) is 0 Å². The minimum atomic E-state index is -0.668. The number of carboxylic acids is 1.